The van der Waals surface area contributed by atoms with Gasteiger partial charge in [-0.25, -0.2) is 13.8 Å². The van der Waals surface area contributed by atoms with Crippen LogP contribution in [-0.2, 0) is 6.54 Å². The highest BCUT2D eigenvalue weighted by Gasteiger charge is 2.12. The van der Waals surface area contributed by atoms with Gasteiger partial charge in [0, 0.05) is 18.3 Å². The Labute approximate surface area is 131 Å². The van der Waals surface area contributed by atoms with Crippen molar-refractivity contribution in [2.75, 3.05) is 5.32 Å². The van der Waals surface area contributed by atoms with Crippen LogP contribution in [0.25, 0.3) is 11.5 Å². The molecule has 0 fully saturated rings. The maximum Gasteiger partial charge on any atom is 0.263 e. The number of nitrogens with zero attached hydrogens (tertiary/aromatic N) is 3. The van der Waals surface area contributed by atoms with E-state index in [1.807, 2.05) is 6.07 Å². The van der Waals surface area contributed by atoms with Gasteiger partial charge in [-0.15, -0.1) is 0 Å². The fraction of sp³-hybridized carbons (Fsp3) is 0.188. The van der Waals surface area contributed by atoms with Crippen LogP contribution >= 0.6 is 0 Å². The number of hydrogen-bond acceptors (Lipinski definition) is 5. The standard InChI is InChI=1S/C16H14F2N4O/c1-10-21-16(23-22-10)13-3-2-8-19-15(13)20-9-11-4-6-12(7-5-11)14(17)18/h2-8,14H,9H2,1H3,(H,19,20). The zero-order valence-corrected chi connectivity index (χ0v) is 12.3. The molecule has 0 aliphatic carbocycles. The van der Waals surface area contributed by atoms with Crippen molar-refractivity contribution in [2.24, 2.45) is 0 Å². The van der Waals surface area contributed by atoms with Crippen molar-refractivity contribution in [1.29, 1.82) is 0 Å². The van der Waals surface area contributed by atoms with Crippen molar-refractivity contribution in [1.82, 2.24) is 15.1 Å². The van der Waals surface area contributed by atoms with Crippen LogP contribution < -0.4 is 5.32 Å². The lowest BCUT2D eigenvalue weighted by molar-refractivity contribution is 0.151. The third-order valence-corrected chi connectivity index (χ3v) is 3.26. The first-order chi connectivity index (χ1) is 11.1. The Bertz CT molecular complexity index is 787. The summed E-state index contributed by atoms with van der Waals surface area (Å²) < 4.78 is 30.2. The number of rotatable bonds is 5. The van der Waals surface area contributed by atoms with Crippen LogP contribution in [0.5, 0.6) is 0 Å². The normalized spacial score (nSPS) is 11.0. The van der Waals surface area contributed by atoms with E-state index in [1.165, 1.54) is 12.1 Å². The van der Waals surface area contributed by atoms with Crippen molar-refractivity contribution in [2.45, 2.75) is 19.9 Å². The highest BCUT2D eigenvalue weighted by molar-refractivity contribution is 5.68. The number of hydrogen-bond donors (Lipinski definition) is 1. The predicted octanol–water partition coefficient (Wildman–Crippen LogP) is 3.99. The smallest absolute Gasteiger partial charge is 0.263 e. The van der Waals surface area contributed by atoms with Crippen molar-refractivity contribution in [3.8, 4) is 11.5 Å². The average Bonchev–Trinajstić information content (AvgIpc) is 3.00. The molecule has 1 aromatic carbocycles. The molecule has 0 aliphatic heterocycles. The maximum absolute atomic E-state index is 12.5. The Balaban J connectivity index is 1.76. The summed E-state index contributed by atoms with van der Waals surface area (Å²) in [4.78, 5) is 8.45. The number of alkyl halides is 2. The van der Waals surface area contributed by atoms with Gasteiger partial charge >= 0.3 is 0 Å². The molecule has 3 rings (SSSR count). The van der Waals surface area contributed by atoms with Crippen molar-refractivity contribution in [3.63, 3.8) is 0 Å². The Morgan fingerprint density at radius 2 is 1.96 bits per heavy atom. The van der Waals surface area contributed by atoms with Crippen molar-refractivity contribution in [3.05, 3.63) is 59.5 Å². The maximum atomic E-state index is 12.5. The number of aromatic nitrogens is 3. The SMILES string of the molecule is Cc1noc(-c2cccnc2NCc2ccc(C(F)F)cc2)n1. The molecule has 2 heterocycles. The van der Waals surface area contributed by atoms with E-state index in [0.29, 0.717) is 29.6 Å². The number of pyridine rings is 1. The summed E-state index contributed by atoms with van der Waals surface area (Å²) in [6, 6.07) is 9.76. The lowest BCUT2D eigenvalue weighted by atomic mass is 10.1. The van der Waals surface area contributed by atoms with Gasteiger partial charge in [0.05, 0.1) is 5.56 Å². The molecule has 0 aliphatic rings. The minimum absolute atomic E-state index is 0.00797. The van der Waals surface area contributed by atoms with Gasteiger partial charge < -0.3 is 9.84 Å². The number of aryl methyl sites for hydroxylation is 1. The summed E-state index contributed by atoms with van der Waals surface area (Å²) >= 11 is 0. The number of benzene rings is 1. The summed E-state index contributed by atoms with van der Waals surface area (Å²) in [6.07, 6.45) is -0.810. The highest BCUT2D eigenvalue weighted by atomic mass is 19.3. The van der Waals surface area contributed by atoms with E-state index in [2.05, 4.69) is 20.4 Å². The Morgan fingerprint density at radius 1 is 1.17 bits per heavy atom. The van der Waals surface area contributed by atoms with Gasteiger partial charge in [-0.1, -0.05) is 29.4 Å². The first-order valence-electron chi connectivity index (χ1n) is 7.00. The zero-order chi connectivity index (χ0) is 16.2. The van der Waals surface area contributed by atoms with Gasteiger partial charge in [0.1, 0.15) is 5.82 Å². The average molecular weight is 316 g/mol. The summed E-state index contributed by atoms with van der Waals surface area (Å²) in [5.74, 6) is 1.51. The first-order valence-corrected chi connectivity index (χ1v) is 7.00. The van der Waals surface area contributed by atoms with Crippen molar-refractivity contribution < 1.29 is 13.3 Å². The van der Waals surface area contributed by atoms with Crippen LogP contribution in [0.15, 0.2) is 47.1 Å². The molecule has 0 radical (unpaired) electrons. The van der Waals surface area contributed by atoms with Crippen molar-refractivity contribution >= 4 is 5.82 Å². The van der Waals surface area contributed by atoms with Gasteiger partial charge in [0.25, 0.3) is 12.3 Å². The van der Waals surface area contributed by atoms with Gasteiger partial charge in [-0.05, 0) is 24.6 Å². The van der Waals surface area contributed by atoms with Gasteiger partial charge in [0.15, 0.2) is 5.82 Å². The predicted molar refractivity (Wildman–Crippen MR) is 81.0 cm³/mol. The van der Waals surface area contributed by atoms with Crippen LogP contribution in [-0.4, -0.2) is 15.1 Å². The minimum atomic E-state index is -2.46. The first kappa shape index (κ1) is 15.1. The number of anilines is 1. The fourth-order valence-electron chi connectivity index (χ4n) is 2.09. The summed E-state index contributed by atoms with van der Waals surface area (Å²) in [5.41, 5.74) is 1.57. The molecule has 0 atom stereocenters. The number of nitrogens with one attached hydrogen (secondary N) is 1. The monoisotopic (exact) mass is 316 g/mol. The van der Waals surface area contributed by atoms with Gasteiger partial charge in [-0.3, -0.25) is 0 Å². The molecule has 2 aromatic heterocycles. The molecule has 3 aromatic rings. The van der Waals surface area contributed by atoms with E-state index in [9.17, 15) is 8.78 Å². The third kappa shape index (κ3) is 3.50. The summed E-state index contributed by atoms with van der Waals surface area (Å²) in [6.45, 7) is 2.18. The summed E-state index contributed by atoms with van der Waals surface area (Å²) in [5, 5.41) is 6.93. The van der Waals surface area contributed by atoms with E-state index in [-0.39, 0.29) is 5.56 Å². The Morgan fingerprint density at radius 3 is 2.61 bits per heavy atom. The van der Waals surface area contributed by atoms with Crippen LogP contribution in [0.2, 0.25) is 0 Å². The molecule has 0 saturated heterocycles. The zero-order valence-electron chi connectivity index (χ0n) is 12.3. The second-order valence-electron chi connectivity index (χ2n) is 4.94. The van der Waals surface area contributed by atoms with Crippen LogP contribution in [0.1, 0.15) is 23.4 Å². The second kappa shape index (κ2) is 6.51. The lowest BCUT2D eigenvalue weighted by Gasteiger charge is -2.09. The minimum Gasteiger partial charge on any atom is -0.365 e. The lowest BCUT2D eigenvalue weighted by Crippen LogP contribution is -2.03. The van der Waals surface area contributed by atoms with E-state index in [4.69, 9.17) is 4.52 Å². The van der Waals surface area contributed by atoms with E-state index in [0.717, 1.165) is 5.56 Å². The molecule has 1 N–H and O–H groups in total. The third-order valence-electron chi connectivity index (χ3n) is 3.26. The van der Waals surface area contributed by atoms with Crippen LogP contribution in [0, 0.1) is 6.92 Å². The van der Waals surface area contributed by atoms with Gasteiger partial charge in [-0.2, -0.15) is 4.98 Å². The second-order valence-corrected chi connectivity index (χ2v) is 4.94. The molecule has 0 saturated carbocycles. The fourth-order valence-corrected chi connectivity index (χ4v) is 2.09. The van der Waals surface area contributed by atoms with Crippen LogP contribution in [0.3, 0.4) is 0 Å². The molecule has 0 bridgehead atoms. The highest BCUT2D eigenvalue weighted by Crippen LogP contribution is 2.25. The molecular formula is C16H14F2N4O. The molecule has 7 heteroatoms. The molecule has 23 heavy (non-hydrogen) atoms. The molecule has 0 unspecified atom stereocenters. The number of halogens is 2. The molecule has 0 amide bonds. The van der Waals surface area contributed by atoms with E-state index >= 15 is 0 Å². The van der Waals surface area contributed by atoms with Crippen LogP contribution in [0.4, 0.5) is 14.6 Å². The van der Waals surface area contributed by atoms with E-state index < -0.39 is 6.43 Å². The Hall–Kier alpha value is -2.83. The summed E-state index contributed by atoms with van der Waals surface area (Å²) in [7, 11) is 0. The largest absolute Gasteiger partial charge is 0.365 e. The molecular weight excluding hydrogens is 302 g/mol. The van der Waals surface area contributed by atoms with E-state index in [1.54, 1.807) is 31.3 Å². The quantitative estimate of drug-likeness (QED) is 0.771. The van der Waals surface area contributed by atoms with Gasteiger partial charge in [0.2, 0.25) is 0 Å². The molecule has 5 nitrogen and oxygen atoms in total. The Kier molecular flexibility index (Phi) is 4.27. The molecule has 118 valence electrons. The molecule has 0 spiro atoms. The topological polar surface area (TPSA) is 63.8 Å².